The molecular weight excluding hydrogens is 144 g/mol. The molecule has 5 N–H and O–H groups in total. The molecule has 6 heteroatoms. The van der Waals surface area contributed by atoms with E-state index >= 15 is 0 Å². The molecule has 60 valence electrons. The molecule has 0 aliphatic rings. The number of rotatable bonds is 1. The molecule has 0 saturated carbocycles. The van der Waals surface area contributed by atoms with E-state index in [4.69, 9.17) is 11.6 Å². The fourth-order valence-corrected chi connectivity index (χ4v) is 0.618. The van der Waals surface area contributed by atoms with Gasteiger partial charge in [-0.25, -0.2) is 5.84 Å². The Bertz CT molecular complexity index is 262. The van der Waals surface area contributed by atoms with E-state index in [2.05, 4.69) is 15.5 Å². The number of aromatic nitrogens is 2. The van der Waals surface area contributed by atoms with Crippen LogP contribution in [0.2, 0.25) is 0 Å². The van der Waals surface area contributed by atoms with Crippen molar-refractivity contribution in [2.45, 2.75) is 0 Å². The van der Waals surface area contributed by atoms with Crippen LogP contribution in [0.15, 0.2) is 17.3 Å². The van der Waals surface area contributed by atoms with Crippen LogP contribution in [0.1, 0.15) is 0 Å². The number of hydrogen-bond acceptors (Lipinski definition) is 3. The van der Waals surface area contributed by atoms with Gasteiger partial charge >= 0.3 is 0 Å². The van der Waals surface area contributed by atoms with Crippen molar-refractivity contribution >= 4 is 11.8 Å². The molecule has 6 nitrogen and oxygen atoms in total. The summed E-state index contributed by atoms with van der Waals surface area (Å²) in [6.45, 7) is 0. The van der Waals surface area contributed by atoms with Gasteiger partial charge in [0.05, 0.1) is 0 Å². The summed E-state index contributed by atoms with van der Waals surface area (Å²) in [7, 11) is 1.80. The SMILES string of the molecule is Cn1ccc(N=C(N)NN)n1. The molecule has 0 unspecified atom stereocenters. The first-order valence-corrected chi connectivity index (χ1v) is 3.03. The van der Waals surface area contributed by atoms with Gasteiger partial charge in [0.25, 0.3) is 0 Å². The van der Waals surface area contributed by atoms with Crippen LogP contribution in [0, 0.1) is 0 Å². The summed E-state index contributed by atoms with van der Waals surface area (Å²) in [5, 5.41) is 3.95. The van der Waals surface area contributed by atoms with Gasteiger partial charge in [-0.05, 0) is 0 Å². The molecule has 1 aromatic rings. The monoisotopic (exact) mass is 154 g/mol. The van der Waals surface area contributed by atoms with Gasteiger partial charge in [0.1, 0.15) is 0 Å². The zero-order valence-electron chi connectivity index (χ0n) is 6.15. The second-order valence-electron chi connectivity index (χ2n) is 1.99. The van der Waals surface area contributed by atoms with Crippen molar-refractivity contribution in [1.82, 2.24) is 15.2 Å². The van der Waals surface area contributed by atoms with Crippen LogP contribution in [-0.4, -0.2) is 15.7 Å². The minimum atomic E-state index is 0.142. The molecule has 0 spiro atoms. The minimum Gasteiger partial charge on any atom is -0.369 e. The molecule has 1 heterocycles. The lowest BCUT2D eigenvalue weighted by atomic mass is 10.6. The van der Waals surface area contributed by atoms with Crippen LogP contribution >= 0.6 is 0 Å². The summed E-state index contributed by atoms with van der Waals surface area (Å²) in [5.41, 5.74) is 7.48. The second-order valence-corrected chi connectivity index (χ2v) is 1.99. The maximum atomic E-state index is 5.28. The van der Waals surface area contributed by atoms with Crippen molar-refractivity contribution in [2.24, 2.45) is 23.6 Å². The number of guanidine groups is 1. The van der Waals surface area contributed by atoms with Crippen LogP contribution in [-0.2, 0) is 7.05 Å². The maximum Gasteiger partial charge on any atom is 0.209 e. The lowest BCUT2D eigenvalue weighted by Gasteiger charge is -1.93. The summed E-state index contributed by atoms with van der Waals surface area (Å²) < 4.78 is 1.63. The third-order valence-electron chi connectivity index (χ3n) is 1.08. The molecule has 0 atom stereocenters. The topological polar surface area (TPSA) is 94.2 Å². The predicted molar refractivity (Wildman–Crippen MR) is 41.8 cm³/mol. The van der Waals surface area contributed by atoms with Gasteiger partial charge in [-0.15, -0.1) is 0 Å². The van der Waals surface area contributed by atoms with Crippen molar-refractivity contribution in [3.05, 3.63) is 12.3 Å². The molecule has 0 amide bonds. The van der Waals surface area contributed by atoms with E-state index in [0.717, 1.165) is 0 Å². The van der Waals surface area contributed by atoms with Crippen molar-refractivity contribution in [1.29, 1.82) is 0 Å². The zero-order chi connectivity index (χ0) is 8.27. The Balaban J connectivity index is 2.78. The van der Waals surface area contributed by atoms with E-state index in [0.29, 0.717) is 5.82 Å². The molecule has 0 radical (unpaired) electrons. The number of hydrogen-bond donors (Lipinski definition) is 3. The Morgan fingerprint density at radius 2 is 2.55 bits per heavy atom. The van der Waals surface area contributed by atoms with Crippen LogP contribution in [0.25, 0.3) is 0 Å². The first-order chi connectivity index (χ1) is 5.22. The van der Waals surface area contributed by atoms with Gasteiger partial charge in [0.15, 0.2) is 5.82 Å². The molecule has 1 aromatic heterocycles. The third-order valence-corrected chi connectivity index (χ3v) is 1.08. The van der Waals surface area contributed by atoms with Crippen molar-refractivity contribution < 1.29 is 0 Å². The maximum absolute atomic E-state index is 5.28. The fourth-order valence-electron chi connectivity index (χ4n) is 0.618. The standard InChI is InChI=1S/C5H10N6/c1-11-3-2-4(10-11)8-5(6)9-7/h2-3H,7H2,1H3,(H3,6,8,9,10). The van der Waals surface area contributed by atoms with E-state index < -0.39 is 0 Å². The van der Waals surface area contributed by atoms with Crippen molar-refractivity contribution in [2.75, 3.05) is 0 Å². The first-order valence-electron chi connectivity index (χ1n) is 3.03. The van der Waals surface area contributed by atoms with Crippen LogP contribution in [0.4, 0.5) is 5.82 Å². The van der Waals surface area contributed by atoms with Gasteiger partial charge in [-0.1, -0.05) is 0 Å². The highest BCUT2D eigenvalue weighted by molar-refractivity contribution is 5.79. The summed E-state index contributed by atoms with van der Waals surface area (Å²) in [6, 6.07) is 1.73. The molecule has 0 aromatic carbocycles. The Morgan fingerprint density at radius 1 is 1.82 bits per heavy atom. The number of nitrogens with one attached hydrogen (secondary N) is 1. The molecule has 0 aliphatic heterocycles. The van der Waals surface area contributed by atoms with Crippen molar-refractivity contribution in [3.8, 4) is 0 Å². The normalized spacial score (nSPS) is 11.6. The van der Waals surface area contributed by atoms with Crippen LogP contribution < -0.4 is 17.0 Å². The number of aryl methyl sites for hydroxylation is 1. The Labute approximate surface area is 63.9 Å². The third kappa shape index (κ3) is 1.94. The van der Waals surface area contributed by atoms with Crippen LogP contribution in [0.5, 0.6) is 0 Å². The zero-order valence-corrected chi connectivity index (χ0v) is 6.15. The summed E-state index contributed by atoms with van der Waals surface area (Å²) >= 11 is 0. The smallest absolute Gasteiger partial charge is 0.209 e. The van der Waals surface area contributed by atoms with Crippen molar-refractivity contribution in [3.63, 3.8) is 0 Å². The number of aliphatic imine (C=N–C) groups is 1. The van der Waals surface area contributed by atoms with E-state index in [9.17, 15) is 0 Å². The summed E-state index contributed by atoms with van der Waals surface area (Å²) in [4.78, 5) is 3.82. The van der Waals surface area contributed by atoms with Gasteiger partial charge in [0, 0.05) is 19.3 Å². The molecule has 0 bridgehead atoms. The van der Waals surface area contributed by atoms with Gasteiger partial charge in [-0.2, -0.15) is 10.1 Å². The first kappa shape index (κ1) is 7.55. The number of nitrogens with two attached hydrogens (primary N) is 2. The largest absolute Gasteiger partial charge is 0.369 e. The number of nitrogens with zero attached hydrogens (tertiary/aromatic N) is 3. The van der Waals surface area contributed by atoms with E-state index in [1.165, 1.54) is 0 Å². The van der Waals surface area contributed by atoms with E-state index in [1.54, 1.807) is 24.0 Å². The fraction of sp³-hybridized carbons (Fsp3) is 0.200. The highest BCUT2D eigenvalue weighted by Crippen LogP contribution is 2.04. The molecule has 11 heavy (non-hydrogen) atoms. The van der Waals surface area contributed by atoms with E-state index in [1.807, 2.05) is 0 Å². The molecule has 0 fully saturated rings. The Kier molecular flexibility index (Phi) is 2.07. The highest BCUT2D eigenvalue weighted by Gasteiger charge is 1.93. The lowest BCUT2D eigenvalue weighted by molar-refractivity contribution is 0.768. The van der Waals surface area contributed by atoms with E-state index in [-0.39, 0.29) is 5.96 Å². The van der Waals surface area contributed by atoms with Crippen LogP contribution in [0.3, 0.4) is 0 Å². The molecule has 0 saturated heterocycles. The van der Waals surface area contributed by atoms with Gasteiger partial charge in [-0.3, -0.25) is 10.1 Å². The highest BCUT2D eigenvalue weighted by atomic mass is 15.3. The molecular formula is C5H10N6. The predicted octanol–water partition coefficient (Wildman–Crippen LogP) is -1.17. The molecule has 0 aliphatic carbocycles. The van der Waals surface area contributed by atoms with Gasteiger partial charge in [0.2, 0.25) is 5.96 Å². The summed E-state index contributed by atoms with van der Waals surface area (Å²) in [5.74, 6) is 5.66. The number of hydrazine groups is 1. The molecule has 1 rings (SSSR count). The minimum absolute atomic E-state index is 0.142. The average Bonchev–Trinajstić information content (AvgIpc) is 2.35. The average molecular weight is 154 g/mol. The Hall–Kier alpha value is -1.56. The second kappa shape index (κ2) is 3.02. The summed E-state index contributed by atoms with van der Waals surface area (Å²) in [6.07, 6.45) is 1.77. The van der Waals surface area contributed by atoms with Gasteiger partial charge < -0.3 is 5.73 Å². The quantitative estimate of drug-likeness (QED) is 0.205. The Morgan fingerprint density at radius 3 is 3.00 bits per heavy atom. The lowest BCUT2D eigenvalue weighted by Crippen LogP contribution is -2.36.